The van der Waals surface area contributed by atoms with Gasteiger partial charge in [-0.2, -0.15) is 0 Å². The quantitative estimate of drug-likeness (QED) is 0.0389. The Labute approximate surface area is 367 Å². The Balaban J connectivity index is 0.000000181. The second kappa shape index (κ2) is 24.5. The largest absolute Gasteiger partial charge is 0.488 e. The minimum atomic E-state index is -1.52. The molecule has 9 N–H and O–H groups in total. The fourth-order valence-electron chi connectivity index (χ4n) is 6.69. The second-order valence-electron chi connectivity index (χ2n) is 14.1. The molecule has 1 aromatic heterocycles. The Hall–Kier alpha value is -6.91. The van der Waals surface area contributed by atoms with Crippen molar-refractivity contribution in [1.82, 2.24) is 10.3 Å². The van der Waals surface area contributed by atoms with E-state index in [4.69, 9.17) is 0 Å². The van der Waals surface area contributed by atoms with Crippen LogP contribution in [-0.4, -0.2) is 74.8 Å². The van der Waals surface area contributed by atoms with Gasteiger partial charge >= 0.3 is 21.4 Å². The summed E-state index contributed by atoms with van der Waals surface area (Å²) in [5.74, 6) is 0.303. The summed E-state index contributed by atoms with van der Waals surface area (Å²) in [6.07, 6.45) is 9.58. The fraction of sp³-hybridized carbons (Fsp3) is 0.106. The van der Waals surface area contributed by atoms with Gasteiger partial charge in [0.1, 0.15) is 5.82 Å². The van der Waals surface area contributed by atoms with Gasteiger partial charge in [0, 0.05) is 48.3 Å². The number of hydrogen-bond acceptors (Lipinski definition) is 13. The van der Waals surface area contributed by atoms with Crippen LogP contribution in [0.1, 0.15) is 54.2 Å². The number of allylic oxidation sites excluding steroid dienone is 4. The average Bonchev–Trinajstić information content (AvgIpc) is 3.33. The number of ketones is 1. The Morgan fingerprint density at radius 1 is 0.571 bits per heavy atom. The first-order chi connectivity index (χ1) is 30.6. The van der Waals surface area contributed by atoms with Crippen LogP contribution >= 0.6 is 0 Å². The number of anilines is 2. The van der Waals surface area contributed by atoms with Crippen molar-refractivity contribution in [3.63, 3.8) is 0 Å². The van der Waals surface area contributed by atoms with E-state index in [1.54, 1.807) is 72.9 Å². The van der Waals surface area contributed by atoms with E-state index in [9.17, 15) is 44.5 Å². The van der Waals surface area contributed by atoms with Crippen molar-refractivity contribution >= 4 is 67.6 Å². The van der Waals surface area contributed by atoms with Crippen LogP contribution in [0.4, 0.5) is 11.5 Å². The molecule has 0 bridgehead atoms. The molecule has 0 saturated heterocycles. The first kappa shape index (κ1) is 47.1. The number of hydrogen-bond donors (Lipinski definition) is 9. The summed E-state index contributed by atoms with van der Waals surface area (Å²) in [4.78, 5) is 38.6. The van der Waals surface area contributed by atoms with Crippen LogP contribution in [0.25, 0.3) is 0 Å². The molecule has 5 aromatic carbocycles. The molecule has 0 aliphatic heterocycles. The predicted molar refractivity (Wildman–Crippen MR) is 248 cm³/mol. The molecule has 63 heavy (non-hydrogen) atoms. The molecule has 1 aliphatic carbocycles. The van der Waals surface area contributed by atoms with Crippen molar-refractivity contribution in [2.45, 2.75) is 26.1 Å². The summed E-state index contributed by atoms with van der Waals surface area (Å²) in [5.41, 5.74) is 6.95. The van der Waals surface area contributed by atoms with Crippen molar-refractivity contribution < 1.29 is 44.5 Å². The van der Waals surface area contributed by atoms with Crippen molar-refractivity contribution in [2.24, 2.45) is 5.92 Å². The fourth-order valence-corrected chi connectivity index (χ4v) is 6.69. The molecule has 0 amide bonds. The van der Waals surface area contributed by atoms with Crippen LogP contribution in [0, 0.1) is 5.92 Å². The van der Waals surface area contributed by atoms with Crippen molar-refractivity contribution in [3.05, 3.63) is 203 Å². The first-order valence-corrected chi connectivity index (χ1v) is 20.0. The highest BCUT2D eigenvalue weighted by Crippen LogP contribution is 2.24. The Kier molecular flexibility index (Phi) is 18.3. The molecule has 0 saturated carbocycles. The average molecular weight is 844 g/mol. The van der Waals surface area contributed by atoms with Gasteiger partial charge < -0.3 is 46.1 Å². The van der Waals surface area contributed by atoms with Gasteiger partial charge in [0.2, 0.25) is 0 Å². The maximum Gasteiger partial charge on any atom is 0.488 e. The monoisotopic (exact) mass is 844 g/mol. The highest BCUT2D eigenvalue weighted by molar-refractivity contribution is 6.60. The summed E-state index contributed by atoms with van der Waals surface area (Å²) in [7, 11) is -4.54. The predicted octanol–water partition coefficient (Wildman–Crippen LogP) is 2.78. The maximum absolute atomic E-state index is 12.8. The third kappa shape index (κ3) is 13.8. The van der Waals surface area contributed by atoms with Gasteiger partial charge in [-0.15, -0.1) is 0 Å². The molecule has 13 nitrogen and oxygen atoms in total. The number of para-hydroxylation sites is 1. The van der Waals surface area contributed by atoms with Crippen LogP contribution in [0.15, 0.2) is 170 Å². The topological polar surface area (TPSA) is 222 Å². The number of nitrogens with zero attached hydrogens (tertiary/aromatic N) is 1. The number of pyridine rings is 1. The molecule has 1 atom stereocenters. The number of aromatic nitrogens is 1. The molecule has 318 valence electrons. The lowest BCUT2D eigenvalue weighted by atomic mass is 9.77. The van der Waals surface area contributed by atoms with Crippen LogP contribution in [0.3, 0.4) is 0 Å². The SMILES string of the molecule is O=C(c1ccccc1)C1CC=CC=C1NCc1ccccc1B(O)O.O=Cc1ccccc1NCc1ccccc1B(O)O.O=Cc1cccnc1NCc1ccccc1B(O)O. The van der Waals surface area contributed by atoms with Gasteiger partial charge in [-0.25, -0.2) is 4.98 Å². The van der Waals surface area contributed by atoms with Gasteiger partial charge in [-0.3, -0.25) is 14.4 Å². The molecule has 6 aromatic rings. The molecule has 1 aliphatic rings. The number of aldehydes is 2. The second-order valence-corrected chi connectivity index (χ2v) is 14.1. The molecule has 7 rings (SSSR count). The van der Waals surface area contributed by atoms with E-state index in [-0.39, 0.29) is 11.7 Å². The van der Waals surface area contributed by atoms with Crippen LogP contribution in [0.2, 0.25) is 0 Å². The summed E-state index contributed by atoms with van der Waals surface area (Å²) >= 11 is 0. The first-order valence-electron chi connectivity index (χ1n) is 20.0. The molecule has 1 heterocycles. The zero-order chi connectivity index (χ0) is 45.0. The van der Waals surface area contributed by atoms with Gasteiger partial charge in [0.25, 0.3) is 0 Å². The van der Waals surface area contributed by atoms with Gasteiger partial charge in [0.15, 0.2) is 18.4 Å². The zero-order valence-electron chi connectivity index (χ0n) is 34.2. The molecular weight excluding hydrogens is 797 g/mol. The number of rotatable bonds is 16. The highest BCUT2D eigenvalue weighted by Gasteiger charge is 2.25. The number of carbonyl (C=O) groups excluding carboxylic acids is 3. The minimum absolute atomic E-state index is 0.0826. The number of Topliss-reactive ketones (excluding diaryl/α,β-unsaturated/α-hetero) is 1. The molecule has 16 heteroatoms. The molecule has 0 spiro atoms. The van der Waals surface area contributed by atoms with E-state index in [0.29, 0.717) is 65.0 Å². The number of carbonyl (C=O) groups is 3. The van der Waals surface area contributed by atoms with Gasteiger partial charge in [-0.05, 0) is 69.8 Å². The normalized spacial score (nSPS) is 12.5. The van der Waals surface area contributed by atoms with Gasteiger partial charge in [-0.1, -0.05) is 127 Å². The lowest BCUT2D eigenvalue weighted by molar-refractivity contribution is 0.0935. The van der Waals surface area contributed by atoms with Crippen molar-refractivity contribution in [3.8, 4) is 0 Å². The van der Waals surface area contributed by atoms with Crippen molar-refractivity contribution in [2.75, 3.05) is 10.6 Å². The van der Waals surface area contributed by atoms with E-state index in [0.717, 1.165) is 40.6 Å². The summed E-state index contributed by atoms with van der Waals surface area (Å²) in [5, 5.41) is 65.5. The molecular formula is C47H47B3N4O9. The standard InChI is InChI=1S/C20H20BNO3.C14H14BNO3.C13H13BN2O3/c23-20(15-8-2-1-3-9-15)17-11-5-7-13-19(17)22-14-16-10-4-6-12-18(16)21(24)25;17-10-12-6-2-4-8-14(12)16-9-11-5-1-3-7-13(11)15(18)19;17-9-11-5-3-7-15-13(11)16-8-10-4-1-2-6-12(10)14(18)19/h1-10,12-13,17,22,24-25H,11,14H2;1-8,10,16,18-19H,9H2;1-7,9,18-19H,8H2,(H,15,16). The number of nitrogens with one attached hydrogen (secondary N) is 3. The molecule has 1 unspecified atom stereocenters. The Bertz CT molecular complexity index is 2380. The van der Waals surface area contributed by atoms with E-state index < -0.39 is 21.4 Å². The smallest absolute Gasteiger partial charge is 0.423 e. The zero-order valence-corrected chi connectivity index (χ0v) is 34.2. The van der Waals surface area contributed by atoms with E-state index in [1.807, 2.05) is 91.0 Å². The lowest BCUT2D eigenvalue weighted by Gasteiger charge is -2.22. The summed E-state index contributed by atoms with van der Waals surface area (Å²) in [6.45, 7) is 1.19. The minimum Gasteiger partial charge on any atom is -0.423 e. The third-order valence-electron chi connectivity index (χ3n) is 9.99. The summed E-state index contributed by atoms with van der Waals surface area (Å²) in [6, 6.07) is 40.9. The molecule has 0 radical (unpaired) electrons. The number of benzene rings is 5. The summed E-state index contributed by atoms with van der Waals surface area (Å²) < 4.78 is 0. The van der Waals surface area contributed by atoms with Crippen LogP contribution in [0.5, 0.6) is 0 Å². The van der Waals surface area contributed by atoms with E-state index >= 15 is 0 Å². The van der Waals surface area contributed by atoms with Gasteiger partial charge in [0.05, 0.1) is 11.5 Å². The molecule has 0 fully saturated rings. The van der Waals surface area contributed by atoms with Crippen molar-refractivity contribution in [1.29, 1.82) is 0 Å². The highest BCUT2D eigenvalue weighted by atomic mass is 16.4. The van der Waals surface area contributed by atoms with Crippen LogP contribution in [-0.2, 0) is 19.6 Å². The van der Waals surface area contributed by atoms with E-state index in [1.165, 1.54) is 0 Å². The lowest BCUT2D eigenvalue weighted by Crippen LogP contribution is -2.35. The van der Waals surface area contributed by atoms with E-state index in [2.05, 4.69) is 20.9 Å². The Morgan fingerprint density at radius 3 is 1.60 bits per heavy atom. The maximum atomic E-state index is 12.8. The third-order valence-corrected chi connectivity index (χ3v) is 9.99. The Morgan fingerprint density at radius 2 is 1.05 bits per heavy atom. The van der Waals surface area contributed by atoms with Crippen LogP contribution < -0.4 is 32.3 Å².